The molecular weight excluding hydrogens is 216 g/mol. The predicted molar refractivity (Wildman–Crippen MR) is 67.4 cm³/mol. The Hall–Kier alpha value is -1.32. The average molecular weight is 238 g/mol. The highest BCUT2D eigenvalue weighted by Crippen LogP contribution is 2.29. The summed E-state index contributed by atoms with van der Waals surface area (Å²) in [6.45, 7) is 9.90. The van der Waals surface area contributed by atoms with Gasteiger partial charge in [0.25, 0.3) is 0 Å². The van der Waals surface area contributed by atoms with Crippen molar-refractivity contribution in [2.24, 2.45) is 0 Å². The number of amides is 2. The maximum atomic E-state index is 12.3. The molecule has 0 spiro atoms. The zero-order valence-electron chi connectivity index (χ0n) is 11.0. The number of rotatable bonds is 5. The third-order valence-corrected chi connectivity index (χ3v) is 3.70. The molecule has 1 aliphatic heterocycles. The second kappa shape index (κ2) is 5.34. The van der Waals surface area contributed by atoms with Crippen molar-refractivity contribution in [3.8, 4) is 0 Å². The SMILES string of the molecule is C=CCN1C(=O)C(CC)NC(=O)C1(CC)CC. The van der Waals surface area contributed by atoms with E-state index in [4.69, 9.17) is 0 Å². The van der Waals surface area contributed by atoms with Gasteiger partial charge in [0.1, 0.15) is 11.6 Å². The van der Waals surface area contributed by atoms with E-state index in [1.54, 1.807) is 11.0 Å². The molecule has 0 aromatic carbocycles. The minimum atomic E-state index is -0.697. The van der Waals surface area contributed by atoms with Gasteiger partial charge in [0.15, 0.2) is 0 Å². The third kappa shape index (κ3) is 2.08. The predicted octanol–water partition coefficient (Wildman–Crippen LogP) is 1.47. The summed E-state index contributed by atoms with van der Waals surface area (Å²) in [5.74, 6) is -0.0218. The summed E-state index contributed by atoms with van der Waals surface area (Å²) in [4.78, 5) is 26.2. The van der Waals surface area contributed by atoms with E-state index in [1.165, 1.54) is 0 Å². The Morgan fingerprint density at radius 2 is 1.94 bits per heavy atom. The van der Waals surface area contributed by atoms with E-state index in [9.17, 15) is 9.59 Å². The van der Waals surface area contributed by atoms with Gasteiger partial charge >= 0.3 is 0 Å². The van der Waals surface area contributed by atoms with E-state index in [2.05, 4.69) is 11.9 Å². The first-order valence-corrected chi connectivity index (χ1v) is 6.30. The van der Waals surface area contributed by atoms with E-state index < -0.39 is 5.54 Å². The fourth-order valence-corrected chi connectivity index (χ4v) is 2.50. The molecule has 1 atom stereocenters. The molecule has 4 heteroatoms. The van der Waals surface area contributed by atoms with Gasteiger partial charge in [-0.25, -0.2) is 0 Å². The quantitative estimate of drug-likeness (QED) is 0.737. The first-order valence-electron chi connectivity index (χ1n) is 6.30. The lowest BCUT2D eigenvalue weighted by molar-refractivity contribution is -0.157. The highest BCUT2D eigenvalue weighted by molar-refractivity contribution is 5.99. The molecule has 1 fully saturated rings. The normalized spacial score (nSPS) is 23.5. The van der Waals surface area contributed by atoms with Crippen LogP contribution in [0.1, 0.15) is 40.0 Å². The summed E-state index contributed by atoms with van der Waals surface area (Å²) in [7, 11) is 0. The standard InChI is InChI=1S/C13H22N2O2/c1-5-9-15-11(16)10(6-2)14-12(17)13(15,7-3)8-4/h5,10H,1,6-9H2,2-4H3,(H,14,17). The number of nitrogens with one attached hydrogen (secondary N) is 1. The molecule has 0 saturated carbocycles. The number of nitrogens with zero attached hydrogens (tertiary/aromatic N) is 1. The Morgan fingerprint density at radius 1 is 1.35 bits per heavy atom. The van der Waals surface area contributed by atoms with E-state index in [0.717, 1.165) is 0 Å². The van der Waals surface area contributed by atoms with Gasteiger partial charge in [-0.2, -0.15) is 0 Å². The molecule has 0 aromatic rings. The summed E-state index contributed by atoms with van der Waals surface area (Å²) in [5, 5.41) is 2.83. The van der Waals surface area contributed by atoms with Crippen molar-refractivity contribution in [3.05, 3.63) is 12.7 Å². The van der Waals surface area contributed by atoms with Crippen molar-refractivity contribution in [3.63, 3.8) is 0 Å². The van der Waals surface area contributed by atoms with Gasteiger partial charge in [-0.15, -0.1) is 6.58 Å². The van der Waals surface area contributed by atoms with Gasteiger partial charge in [-0.1, -0.05) is 26.8 Å². The number of carbonyl (C=O) groups excluding carboxylic acids is 2. The lowest BCUT2D eigenvalue weighted by Gasteiger charge is -2.47. The maximum absolute atomic E-state index is 12.3. The molecule has 2 amide bonds. The van der Waals surface area contributed by atoms with Gasteiger partial charge in [0.2, 0.25) is 11.8 Å². The van der Waals surface area contributed by atoms with Gasteiger partial charge in [0, 0.05) is 6.54 Å². The summed E-state index contributed by atoms with van der Waals surface area (Å²) in [6.07, 6.45) is 3.57. The summed E-state index contributed by atoms with van der Waals surface area (Å²) in [6, 6.07) is -0.381. The molecule has 0 aromatic heterocycles. The largest absolute Gasteiger partial charge is 0.342 e. The zero-order chi connectivity index (χ0) is 13.1. The molecule has 1 unspecified atom stereocenters. The van der Waals surface area contributed by atoms with Gasteiger partial charge in [0.05, 0.1) is 0 Å². The van der Waals surface area contributed by atoms with Crippen molar-refractivity contribution in [2.75, 3.05) is 6.54 Å². The molecule has 0 radical (unpaired) electrons. The highest BCUT2D eigenvalue weighted by Gasteiger charge is 2.49. The Labute approximate surface area is 103 Å². The smallest absolute Gasteiger partial charge is 0.246 e. The van der Waals surface area contributed by atoms with E-state index in [-0.39, 0.29) is 17.9 Å². The van der Waals surface area contributed by atoms with Crippen molar-refractivity contribution in [2.45, 2.75) is 51.6 Å². The molecule has 1 heterocycles. The third-order valence-electron chi connectivity index (χ3n) is 3.70. The van der Waals surface area contributed by atoms with Crippen LogP contribution in [0.25, 0.3) is 0 Å². The van der Waals surface area contributed by atoms with Crippen LogP contribution in [0.3, 0.4) is 0 Å². The Balaban J connectivity index is 3.14. The second-order valence-corrected chi connectivity index (χ2v) is 4.41. The Bertz CT molecular complexity index is 321. The van der Waals surface area contributed by atoms with Crippen LogP contribution in [-0.4, -0.2) is 34.8 Å². The van der Waals surface area contributed by atoms with Crippen LogP contribution in [0.2, 0.25) is 0 Å². The summed E-state index contributed by atoms with van der Waals surface area (Å²) < 4.78 is 0. The summed E-state index contributed by atoms with van der Waals surface area (Å²) in [5.41, 5.74) is -0.697. The van der Waals surface area contributed by atoms with E-state index in [1.807, 2.05) is 20.8 Å². The molecule has 1 rings (SSSR count). The Kier molecular flexibility index (Phi) is 4.32. The fourth-order valence-electron chi connectivity index (χ4n) is 2.50. The molecule has 4 nitrogen and oxygen atoms in total. The van der Waals surface area contributed by atoms with Crippen molar-refractivity contribution < 1.29 is 9.59 Å². The molecule has 1 aliphatic rings. The number of hydrogen-bond donors (Lipinski definition) is 1. The van der Waals surface area contributed by atoms with E-state index >= 15 is 0 Å². The van der Waals surface area contributed by atoms with Gasteiger partial charge in [-0.3, -0.25) is 9.59 Å². The van der Waals surface area contributed by atoms with Crippen molar-refractivity contribution >= 4 is 11.8 Å². The van der Waals surface area contributed by atoms with Crippen LogP contribution < -0.4 is 5.32 Å². The zero-order valence-corrected chi connectivity index (χ0v) is 11.0. The fraction of sp³-hybridized carbons (Fsp3) is 0.692. The lowest BCUT2D eigenvalue weighted by Crippen LogP contribution is -2.70. The highest BCUT2D eigenvalue weighted by atomic mass is 16.2. The minimum absolute atomic E-state index is 0.00991. The van der Waals surface area contributed by atoms with Crippen molar-refractivity contribution in [1.82, 2.24) is 10.2 Å². The van der Waals surface area contributed by atoms with Crippen molar-refractivity contribution in [1.29, 1.82) is 0 Å². The van der Waals surface area contributed by atoms with Crippen LogP contribution in [-0.2, 0) is 9.59 Å². The lowest BCUT2D eigenvalue weighted by atomic mass is 9.85. The molecular formula is C13H22N2O2. The van der Waals surface area contributed by atoms with Gasteiger partial charge in [-0.05, 0) is 19.3 Å². The topological polar surface area (TPSA) is 49.4 Å². The number of piperazine rings is 1. The van der Waals surface area contributed by atoms with E-state index in [0.29, 0.717) is 25.8 Å². The maximum Gasteiger partial charge on any atom is 0.246 e. The number of carbonyl (C=O) groups is 2. The van der Waals surface area contributed by atoms with Crippen LogP contribution in [0, 0.1) is 0 Å². The first kappa shape index (κ1) is 13.7. The molecule has 1 N–H and O–H groups in total. The Morgan fingerprint density at radius 3 is 2.35 bits per heavy atom. The molecule has 0 bridgehead atoms. The average Bonchev–Trinajstić information content (AvgIpc) is 2.34. The minimum Gasteiger partial charge on any atom is -0.342 e. The van der Waals surface area contributed by atoms with Crippen LogP contribution >= 0.6 is 0 Å². The molecule has 1 saturated heterocycles. The molecule has 0 aliphatic carbocycles. The van der Waals surface area contributed by atoms with Crippen LogP contribution in [0.5, 0.6) is 0 Å². The van der Waals surface area contributed by atoms with Gasteiger partial charge < -0.3 is 10.2 Å². The monoisotopic (exact) mass is 238 g/mol. The summed E-state index contributed by atoms with van der Waals surface area (Å²) >= 11 is 0. The first-order chi connectivity index (χ1) is 8.07. The second-order valence-electron chi connectivity index (χ2n) is 4.41. The molecule has 17 heavy (non-hydrogen) atoms. The van der Waals surface area contributed by atoms with Crippen LogP contribution in [0.4, 0.5) is 0 Å². The number of hydrogen-bond acceptors (Lipinski definition) is 2. The van der Waals surface area contributed by atoms with Crippen LogP contribution in [0.15, 0.2) is 12.7 Å². The molecule has 96 valence electrons.